The fraction of sp³-hybridized carbons (Fsp3) is 0.471. The van der Waals surface area contributed by atoms with E-state index in [2.05, 4.69) is 10.1 Å². The lowest BCUT2D eigenvalue weighted by Crippen LogP contribution is -2.44. The van der Waals surface area contributed by atoms with Crippen LogP contribution < -0.4 is 10.1 Å². The zero-order valence-corrected chi connectivity index (χ0v) is 16.4. The van der Waals surface area contributed by atoms with Crippen molar-refractivity contribution in [3.05, 3.63) is 27.7 Å². The normalized spacial score (nSPS) is 11.7. The number of amides is 1. The lowest BCUT2D eigenvalue weighted by molar-refractivity contribution is -0.145. The van der Waals surface area contributed by atoms with Crippen LogP contribution in [0.3, 0.4) is 0 Å². The summed E-state index contributed by atoms with van der Waals surface area (Å²) >= 11 is 11.9. The fourth-order valence-electron chi connectivity index (χ4n) is 2.15. The Labute approximate surface area is 161 Å². The van der Waals surface area contributed by atoms with Crippen molar-refractivity contribution in [1.29, 1.82) is 0 Å². The van der Waals surface area contributed by atoms with Crippen LogP contribution in [0, 0.1) is 5.92 Å². The summed E-state index contributed by atoms with van der Waals surface area (Å²) in [5.41, 5.74) is 0.0697. The van der Waals surface area contributed by atoms with Crippen molar-refractivity contribution in [2.75, 3.05) is 20.8 Å². The van der Waals surface area contributed by atoms with E-state index in [1.165, 1.54) is 26.4 Å². The number of rotatable bonds is 8. The minimum Gasteiger partial charge on any atom is -0.494 e. The average molecular weight is 406 g/mol. The minimum atomic E-state index is -0.809. The summed E-state index contributed by atoms with van der Waals surface area (Å²) in [6, 6.07) is 1.83. The van der Waals surface area contributed by atoms with E-state index in [4.69, 9.17) is 32.7 Å². The van der Waals surface area contributed by atoms with Crippen molar-refractivity contribution in [2.24, 2.45) is 5.92 Å². The molecule has 0 spiro atoms. The quantitative estimate of drug-likeness (QED) is 0.668. The van der Waals surface area contributed by atoms with Gasteiger partial charge in [-0.15, -0.1) is 0 Å². The van der Waals surface area contributed by atoms with Gasteiger partial charge in [0.25, 0.3) is 5.91 Å². The van der Waals surface area contributed by atoms with Crippen LogP contribution in [0.15, 0.2) is 12.1 Å². The van der Waals surface area contributed by atoms with E-state index in [0.29, 0.717) is 6.42 Å². The summed E-state index contributed by atoms with van der Waals surface area (Å²) in [5.74, 6) is -1.58. The van der Waals surface area contributed by atoms with Crippen molar-refractivity contribution in [3.8, 4) is 5.75 Å². The molecule has 7 nitrogen and oxygen atoms in total. The highest BCUT2D eigenvalue weighted by molar-refractivity contribution is 6.37. The Morgan fingerprint density at radius 1 is 1.12 bits per heavy atom. The van der Waals surface area contributed by atoms with Gasteiger partial charge in [-0.2, -0.15) is 0 Å². The highest BCUT2D eigenvalue weighted by Gasteiger charge is 2.23. The first-order valence-corrected chi connectivity index (χ1v) is 8.52. The summed E-state index contributed by atoms with van der Waals surface area (Å²) in [4.78, 5) is 35.7. The van der Waals surface area contributed by atoms with Crippen LogP contribution in [0.25, 0.3) is 0 Å². The summed E-state index contributed by atoms with van der Waals surface area (Å²) in [5, 5.41) is 2.76. The zero-order valence-electron chi connectivity index (χ0n) is 14.9. The topological polar surface area (TPSA) is 90.9 Å². The van der Waals surface area contributed by atoms with Crippen LogP contribution in [-0.2, 0) is 19.1 Å². The molecule has 144 valence electrons. The standard InChI is InChI=1S/C17H21Cl2NO6/c1-9(2)5-13(17(23)25-4)20-14(21)8-26-16(22)10-6-11(18)15(24-3)12(19)7-10/h6-7,9,13H,5,8H2,1-4H3,(H,20,21)/t13-/m1/s1. The van der Waals surface area contributed by atoms with Gasteiger partial charge in [0.05, 0.1) is 29.8 Å². The predicted octanol–water partition coefficient (Wildman–Crippen LogP) is 2.86. The molecule has 0 aliphatic heterocycles. The van der Waals surface area contributed by atoms with E-state index >= 15 is 0 Å². The Kier molecular flexibility index (Phi) is 8.68. The maximum atomic E-state index is 12.1. The van der Waals surface area contributed by atoms with E-state index in [1.807, 2.05) is 13.8 Å². The summed E-state index contributed by atoms with van der Waals surface area (Å²) in [6.07, 6.45) is 0.399. The van der Waals surface area contributed by atoms with E-state index in [9.17, 15) is 14.4 Å². The summed E-state index contributed by atoms with van der Waals surface area (Å²) in [7, 11) is 2.63. The molecule has 0 saturated carbocycles. The molecule has 9 heteroatoms. The molecule has 1 atom stereocenters. The highest BCUT2D eigenvalue weighted by atomic mass is 35.5. The van der Waals surface area contributed by atoms with Crippen LogP contribution >= 0.6 is 23.2 Å². The van der Waals surface area contributed by atoms with Crippen molar-refractivity contribution in [1.82, 2.24) is 5.32 Å². The van der Waals surface area contributed by atoms with Gasteiger partial charge in [-0.05, 0) is 24.5 Å². The van der Waals surface area contributed by atoms with Gasteiger partial charge in [0.2, 0.25) is 0 Å². The van der Waals surface area contributed by atoms with E-state index in [1.54, 1.807) is 0 Å². The van der Waals surface area contributed by atoms with Crippen molar-refractivity contribution in [3.63, 3.8) is 0 Å². The summed E-state index contributed by atoms with van der Waals surface area (Å²) in [6.45, 7) is 3.24. The van der Waals surface area contributed by atoms with Crippen molar-refractivity contribution >= 4 is 41.0 Å². The third-order valence-corrected chi connectivity index (χ3v) is 3.86. The molecule has 1 rings (SSSR count). The van der Waals surface area contributed by atoms with Gasteiger partial charge < -0.3 is 19.5 Å². The largest absolute Gasteiger partial charge is 0.494 e. The lowest BCUT2D eigenvalue weighted by Gasteiger charge is -2.18. The Hall–Kier alpha value is -1.99. The number of hydrogen-bond acceptors (Lipinski definition) is 6. The molecule has 1 aromatic carbocycles. The molecule has 26 heavy (non-hydrogen) atoms. The van der Waals surface area contributed by atoms with Crippen molar-refractivity contribution in [2.45, 2.75) is 26.3 Å². The number of carbonyl (C=O) groups is 3. The summed E-state index contributed by atoms with van der Waals surface area (Å²) < 4.78 is 14.6. The number of ether oxygens (including phenoxy) is 3. The molecule has 0 aromatic heterocycles. The SMILES string of the molecule is COC(=O)[C@@H](CC(C)C)NC(=O)COC(=O)c1cc(Cl)c(OC)c(Cl)c1. The maximum Gasteiger partial charge on any atom is 0.338 e. The third kappa shape index (κ3) is 6.38. The smallest absolute Gasteiger partial charge is 0.338 e. The second-order valence-corrected chi connectivity index (χ2v) is 6.64. The average Bonchev–Trinajstić information content (AvgIpc) is 2.57. The number of halogens is 2. The second-order valence-electron chi connectivity index (χ2n) is 5.82. The van der Waals surface area contributed by atoms with Crippen LogP contribution in [0.4, 0.5) is 0 Å². The highest BCUT2D eigenvalue weighted by Crippen LogP contribution is 2.33. The predicted molar refractivity (Wildman–Crippen MR) is 96.7 cm³/mol. The molecule has 0 saturated heterocycles. The molecule has 0 heterocycles. The van der Waals surface area contributed by atoms with Gasteiger partial charge in [0, 0.05) is 0 Å². The van der Waals surface area contributed by atoms with Crippen LogP contribution in [0.2, 0.25) is 10.0 Å². The Bertz CT molecular complexity index is 654. The molecule has 0 aliphatic carbocycles. The molecule has 1 aromatic rings. The Morgan fingerprint density at radius 2 is 1.69 bits per heavy atom. The molecular formula is C17H21Cl2NO6. The van der Waals surface area contributed by atoms with E-state index in [0.717, 1.165) is 0 Å². The molecule has 0 radical (unpaired) electrons. The van der Waals surface area contributed by atoms with Gasteiger partial charge in [0.15, 0.2) is 12.4 Å². The van der Waals surface area contributed by atoms with Gasteiger partial charge in [-0.1, -0.05) is 37.0 Å². The number of nitrogens with one attached hydrogen (secondary N) is 1. The van der Waals surface area contributed by atoms with Crippen LogP contribution in [-0.4, -0.2) is 44.7 Å². The van der Waals surface area contributed by atoms with Gasteiger partial charge in [-0.3, -0.25) is 4.79 Å². The molecule has 0 unspecified atom stereocenters. The second kappa shape index (κ2) is 10.2. The first-order valence-electron chi connectivity index (χ1n) is 7.76. The first kappa shape index (κ1) is 22.1. The monoisotopic (exact) mass is 405 g/mol. The molecule has 0 fully saturated rings. The Morgan fingerprint density at radius 3 is 2.15 bits per heavy atom. The molecular weight excluding hydrogens is 385 g/mol. The molecule has 1 amide bonds. The van der Waals surface area contributed by atoms with Gasteiger partial charge in [-0.25, -0.2) is 9.59 Å². The number of carbonyl (C=O) groups excluding carboxylic acids is 3. The lowest BCUT2D eigenvalue weighted by atomic mass is 10.0. The van der Waals surface area contributed by atoms with E-state index < -0.39 is 30.5 Å². The van der Waals surface area contributed by atoms with Crippen LogP contribution in [0.1, 0.15) is 30.6 Å². The van der Waals surface area contributed by atoms with Gasteiger partial charge >= 0.3 is 11.9 Å². The fourth-order valence-corrected chi connectivity index (χ4v) is 2.79. The number of hydrogen-bond donors (Lipinski definition) is 1. The number of esters is 2. The molecule has 1 N–H and O–H groups in total. The first-order chi connectivity index (χ1) is 12.2. The number of benzene rings is 1. The molecule has 0 aliphatic rings. The van der Waals surface area contributed by atoms with E-state index in [-0.39, 0.29) is 27.3 Å². The molecule has 0 bridgehead atoms. The van der Waals surface area contributed by atoms with Crippen molar-refractivity contribution < 1.29 is 28.6 Å². The third-order valence-electron chi connectivity index (χ3n) is 3.30. The number of methoxy groups -OCH3 is 2. The minimum absolute atomic E-state index is 0.0697. The van der Waals surface area contributed by atoms with Gasteiger partial charge in [0.1, 0.15) is 6.04 Å². The zero-order chi connectivity index (χ0) is 19.9. The Balaban J connectivity index is 2.69. The maximum absolute atomic E-state index is 12.1. The van der Waals surface area contributed by atoms with Crippen LogP contribution in [0.5, 0.6) is 5.75 Å².